The van der Waals surface area contributed by atoms with Crippen LogP contribution in [0.5, 0.6) is 0 Å². The van der Waals surface area contributed by atoms with Crippen LogP contribution in [0.15, 0.2) is 0 Å². The molecular weight excluding hydrogens is 459 g/mol. The van der Waals surface area contributed by atoms with E-state index in [0.717, 1.165) is 0 Å². The summed E-state index contributed by atoms with van der Waals surface area (Å²) >= 11 is 0. The second-order valence-corrected chi connectivity index (χ2v) is 4.72. The first-order valence-electron chi connectivity index (χ1n) is 2.62. The van der Waals surface area contributed by atoms with Gasteiger partial charge in [-0.1, -0.05) is 0 Å². The molecule has 0 amide bonds. The van der Waals surface area contributed by atoms with Crippen molar-refractivity contribution in [2.24, 2.45) is 0 Å². The molecule has 0 atom stereocenters. The maximum absolute atomic E-state index is 10.1. The van der Waals surface area contributed by atoms with E-state index >= 15 is 0 Å². The van der Waals surface area contributed by atoms with Gasteiger partial charge in [-0.05, 0) is 0 Å². The van der Waals surface area contributed by atoms with Crippen LogP contribution in [0.4, 0.5) is 15.5 Å². The number of rotatable bonds is 0. The van der Waals surface area contributed by atoms with Crippen molar-refractivity contribution in [2.45, 2.75) is 0 Å². The van der Waals surface area contributed by atoms with Gasteiger partial charge in [-0.3, -0.25) is 0 Å². The third kappa shape index (κ3) is 34200. The second kappa shape index (κ2) is 15.0. The van der Waals surface area contributed by atoms with E-state index in [-0.39, 0.29) is 35.9 Å². The Morgan fingerprint density at radius 1 is 0.455 bits per heavy atom. The van der Waals surface area contributed by atoms with Gasteiger partial charge in [0.2, 0.25) is 0 Å². The molecular formula is F4FeLiO12S4. The van der Waals surface area contributed by atoms with Gasteiger partial charge in [0.05, 0.1) is 0 Å². The molecule has 22 heavy (non-hydrogen) atoms. The van der Waals surface area contributed by atoms with Crippen molar-refractivity contribution in [1.82, 2.24) is 0 Å². The zero-order chi connectivity index (χ0) is 18.0. The normalized spacial score (nSPS) is 10.5. The number of hydrogen-bond donors (Lipinski definition) is 0. The standard InChI is InChI=1S/4FHO3S.Fe.Li/c4*1-5(2,3)4;;/h4*(H,2,3,4);;/q;;;;+3;+1/p-4. The Morgan fingerprint density at radius 3 is 0.455 bits per heavy atom. The predicted octanol–water partition coefficient (Wildman–Crippen LogP) is -5.33. The van der Waals surface area contributed by atoms with Crippen LogP contribution in [0.3, 0.4) is 0 Å². The molecule has 0 unspecified atom stereocenters. The molecule has 12 nitrogen and oxygen atoms in total. The van der Waals surface area contributed by atoms with Crippen LogP contribution in [-0.2, 0) is 59.1 Å². The molecule has 0 aliphatic heterocycles. The van der Waals surface area contributed by atoms with Crippen molar-refractivity contribution in [2.75, 3.05) is 0 Å². The molecule has 0 N–H and O–H groups in total. The van der Waals surface area contributed by atoms with Crippen molar-refractivity contribution in [3.05, 3.63) is 0 Å². The first-order chi connectivity index (χ1) is 8.00. The topological polar surface area (TPSA) is 229 Å². The molecule has 0 aromatic carbocycles. The Kier molecular flexibility index (Phi) is 26.1. The van der Waals surface area contributed by atoms with Gasteiger partial charge in [0.15, 0.2) is 0 Å². The van der Waals surface area contributed by atoms with Crippen LogP contribution in [0, 0.1) is 0 Å². The summed E-state index contributed by atoms with van der Waals surface area (Å²) in [7, 11) is -21.7. The summed E-state index contributed by atoms with van der Waals surface area (Å²) in [6.07, 6.45) is 0. The molecule has 0 aromatic rings. The Morgan fingerprint density at radius 2 is 0.455 bits per heavy atom. The molecule has 133 valence electrons. The van der Waals surface area contributed by atoms with Gasteiger partial charge in [0.1, 0.15) is 0 Å². The maximum Gasteiger partial charge on any atom is 3.00 e. The van der Waals surface area contributed by atoms with E-state index in [1.54, 1.807) is 0 Å². The van der Waals surface area contributed by atoms with Crippen LogP contribution in [0.25, 0.3) is 0 Å². The summed E-state index contributed by atoms with van der Waals surface area (Å²) in [5.74, 6) is 0. The summed E-state index contributed by atoms with van der Waals surface area (Å²) in [5.41, 5.74) is 0. The summed E-state index contributed by atoms with van der Waals surface area (Å²) < 4.78 is 141. The molecule has 0 bridgehead atoms. The third-order valence-corrected chi connectivity index (χ3v) is 0. The largest absolute Gasteiger partial charge is 3.00 e. The molecule has 0 aliphatic rings. The van der Waals surface area contributed by atoms with Gasteiger partial charge in [-0.25, -0.2) is 33.7 Å². The zero-order valence-electron chi connectivity index (χ0n) is 9.40. The molecule has 1 radical (unpaired) electrons. The molecule has 0 spiro atoms. The molecule has 0 rings (SSSR count). The Bertz CT molecular complexity index is 492. The first kappa shape index (κ1) is 38.2. The van der Waals surface area contributed by atoms with E-state index in [9.17, 15) is 15.5 Å². The summed E-state index contributed by atoms with van der Waals surface area (Å²) in [5, 5.41) is 0. The minimum Gasteiger partial charge on any atom is -0.722 e. The fraction of sp³-hybridized carbons (Fsp3) is 0. The van der Waals surface area contributed by atoms with Gasteiger partial charge < -0.3 is 18.2 Å². The molecule has 0 fully saturated rings. The van der Waals surface area contributed by atoms with Crippen molar-refractivity contribution in [3.63, 3.8) is 0 Å². The Labute approximate surface area is 145 Å². The van der Waals surface area contributed by atoms with Crippen LogP contribution < -0.4 is 18.9 Å². The van der Waals surface area contributed by atoms with Crippen LogP contribution >= 0.6 is 0 Å². The van der Waals surface area contributed by atoms with Crippen molar-refractivity contribution < 1.29 is 103 Å². The Hall–Kier alpha value is 0.477. The van der Waals surface area contributed by atoms with E-state index in [4.69, 9.17) is 51.9 Å². The third-order valence-electron chi connectivity index (χ3n) is 0. The van der Waals surface area contributed by atoms with E-state index < -0.39 is 42.0 Å². The fourth-order valence-corrected chi connectivity index (χ4v) is 0. The SMILES string of the molecule is O=S(=O)([O-])F.O=S(=O)([O-])F.O=S(=O)([O-])F.O=S(=O)([O-])F.[Fe+3].[Li+]. The summed E-state index contributed by atoms with van der Waals surface area (Å²) in [4.78, 5) is 0. The smallest absolute Gasteiger partial charge is 0.722 e. The van der Waals surface area contributed by atoms with Gasteiger partial charge in [-0.2, -0.15) is 0 Å². The van der Waals surface area contributed by atoms with Crippen molar-refractivity contribution in [1.29, 1.82) is 0 Å². The molecule has 0 aromatic heterocycles. The average molecular weight is 459 g/mol. The van der Waals surface area contributed by atoms with E-state index in [0.29, 0.717) is 0 Å². The van der Waals surface area contributed by atoms with Gasteiger partial charge >= 0.3 is 35.9 Å². The van der Waals surface area contributed by atoms with Crippen LogP contribution in [0.1, 0.15) is 0 Å². The monoisotopic (exact) mass is 459 g/mol. The summed E-state index contributed by atoms with van der Waals surface area (Å²) in [6, 6.07) is 0. The number of hydrogen-bond acceptors (Lipinski definition) is 12. The quantitative estimate of drug-likeness (QED) is 0.143. The van der Waals surface area contributed by atoms with E-state index in [2.05, 4.69) is 0 Å². The van der Waals surface area contributed by atoms with Crippen LogP contribution in [0.2, 0.25) is 0 Å². The van der Waals surface area contributed by atoms with Crippen molar-refractivity contribution in [3.8, 4) is 0 Å². The average Bonchev–Trinajstić information content (AvgIpc) is 1.62. The van der Waals surface area contributed by atoms with Gasteiger partial charge in [0.25, 0.3) is 42.0 Å². The second-order valence-electron chi connectivity index (χ2n) is 1.57. The maximum atomic E-state index is 10.1. The minimum atomic E-state index is -5.42. The summed E-state index contributed by atoms with van der Waals surface area (Å²) in [6.45, 7) is 0. The zero-order valence-corrected chi connectivity index (χ0v) is 13.8. The van der Waals surface area contributed by atoms with Crippen LogP contribution in [-0.4, -0.2) is 51.9 Å². The van der Waals surface area contributed by atoms with E-state index in [1.807, 2.05) is 0 Å². The predicted molar refractivity (Wildman–Crippen MR) is 43.2 cm³/mol. The molecule has 22 heteroatoms. The van der Waals surface area contributed by atoms with Gasteiger partial charge in [-0.15, -0.1) is 15.5 Å². The Balaban J connectivity index is -0.0000000376. The molecule has 0 aliphatic carbocycles. The molecule has 0 saturated carbocycles. The first-order valence-corrected chi connectivity index (χ1v) is 7.85. The minimum absolute atomic E-state index is 0. The number of halogens is 4. The van der Waals surface area contributed by atoms with Crippen molar-refractivity contribution >= 4 is 42.0 Å². The van der Waals surface area contributed by atoms with E-state index in [1.165, 1.54) is 0 Å². The molecule has 0 heterocycles. The van der Waals surface area contributed by atoms with Gasteiger partial charge in [0, 0.05) is 0 Å². The molecule has 0 saturated heterocycles. The fourth-order valence-electron chi connectivity index (χ4n) is 0.